The fourth-order valence-corrected chi connectivity index (χ4v) is 5.94. The molecule has 2 aromatic rings. The van der Waals surface area contributed by atoms with Crippen molar-refractivity contribution in [2.45, 2.75) is 49.8 Å². The van der Waals surface area contributed by atoms with Gasteiger partial charge in [0, 0.05) is 18.4 Å². The highest BCUT2D eigenvalue weighted by Crippen LogP contribution is 2.45. The van der Waals surface area contributed by atoms with E-state index in [-0.39, 0.29) is 18.2 Å². The summed E-state index contributed by atoms with van der Waals surface area (Å²) in [6.07, 6.45) is 8.93. The molecule has 2 heterocycles. The van der Waals surface area contributed by atoms with Gasteiger partial charge in [0.05, 0.1) is 6.42 Å². The SMILES string of the molecule is CC1(CC(=O)n2cc3ccccc3c2)SC(N[C@H]2C[C@@H]3CC[C@H]2C3)=NC1=O. The summed E-state index contributed by atoms with van der Waals surface area (Å²) >= 11 is 1.42. The molecule has 0 saturated heterocycles. The van der Waals surface area contributed by atoms with Crippen molar-refractivity contribution < 1.29 is 9.59 Å². The van der Waals surface area contributed by atoms with Gasteiger partial charge >= 0.3 is 0 Å². The first-order valence-corrected chi connectivity index (χ1v) is 10.5. The van der Waals surface area contributed by atoms with Gasteiger partial charge in [0.25, 0.3) is 5.91 Å². The largest absolute Gasteiger partial charge is 0.361 e. The molecule has 2 fully saturated rings. The topological polar surface area (TPSA) is 63.5 Å². The van der Waals surface area contributed by atoms with Crippen molar-refractivity contribution in [1.29, 1.82) is 0 Å². The normalized spacial score (nSPS) is 32.3. The Morgan fingerprint density at radius 2 is 2.00 bits per heavy atom. The average Bonchev–Trinajstić information content (AvgIpc) is 3.39. The van der Waals surface area contributed by atoms with Crippen molar-refractivity contribution >= 4 is 39.5 Å². The first kappa shape index (κ1) is 17.0. The van der Waals surface area contributed by atoms with E-state index in [1.54, 1.807) is 4.57 Å². The minimum Gasteiger partial charge on any atom is -0.361 e. The number of carbonyl (C=O) groups excluding carboxylic acids is 2. The van der Waals surface area contributed by atoms with Crippen molar-refractivity contribution in [2.24, 2.45) is 16.8 Å². The molecule has 1 aromatic heterocycles. The van der Waals surface area contributed by atoms with Crippen LogP contribution in [0.3, 0.4) is 0 Å². The van der Waals surface area contributed by atoms with Crippen LogP contribution in [-0.4, -0.2) is 32.3 Å². The van der Waals surface area contributed by atoms with Crippen LogP contribution in [0.2, 0.25) is 0 Å². The molecule has 0 spiro atoms. The minimum atomic E-state index is -0.826. The maximum atomic E-state index is 12.8. The van der Waals surface area contributed by atoms with E-state index in [1.807, 2.05) is 43.6 Å². The predicted molar refractivity (Wildman–Crippen MR) is 108 cm³/mol. The molecule has 1 aromatic carbocycles. The van der Waals surface area contributed by atoms with Crippen molar-refractivity contribution in [3.8, 4) is 0 Å². The van der Waals surface area contributed by atoms with Crippen LogP contribution in [-0.2, 0) is 4.79 Å². The number of rotatable bonds is 3. The van der Waals surface area contributed by atoms with Crippen molar-refractivity contribution in [3.05, 3.63) is 36.7 Å². The number of benzene rings is 1. The molecule has 1 aliphatic heterocycles. The van der Waals surface area contributed by atoms with E-state index in [0.29, 0.717) is 17.1 Å². The van der Waals surface area contributed by atoms with Gasteiger partial charge in [0.15, 0.2) is 5.17 Å². The maximum absolute atomic E-state index is 12.8. The second-order valence-electron chi connectivity index (χ2n) is 8.35. The van der Waals surface area contributed by atoms with Crippen LogP contribution in [0.15, 0.2) is 41.7 Å². The van der Waals surface area contributed by atoms with Gasteiger partial charge in [-0.3, -0.25) is 14.2 Å². The standard InChI is InChI=1S/C21H23N3O2S/c1-21(10-18(25)24-11-15-4-2-3-5-16(15)12-24)19(26)23-20(27-21)22-17-9-13-6-7-14(17)8-13/h2-5,11-14,17H,6-10H2,1H3,(H,22,23,26)/t13-,14+,17+,21?/m1/s1. The van der Waals surface area contributed by atoms with E-state index in [4.69, 9.17) is 0 Å². The average molecular weight is 382 g/mol. The third kappa shape index (κ3) is 3.00. The maximum Gasteiger partial charge on any atom is 0.265 e. The zero-order chi connectivity index (χ0) is 18.6. The second-order valence-corrected chi connectivity index (χ2v) is 9.84. The third-order valence-corrected chi connectivity index (χ3v) is 7.53. The van der Waals surface area contributed by atoms with Crippen LogP contribution in [0.5, 0.6) is 0 Å². The fourth-order valence-electron chi connectivity index (χ4n) is 4.85. The zero-order valence-electron chi connectivity index (χ0n) is 15.4. The highest BCUT2D eigenvalue weighted by Gasteiger charge is 2.45. The summed E-state index contributed by atoms with van der Waals surface area (Å²) in [6.45, 7) is 1.83. The summed E-state index contributed by atoms with van der Waals surface area (Å²) in [5, 5.41) is 6.25. The quantitative estimate of drug-likeness (QED) is 0.877. The lowest BCUT2D eigenvalue weighted by Crippen LogP contribution is -2.37. The lowest BCUT2D eigenvalue weighted by atomic mass is 9.96. The summed E-state index contributed by atoms with van der Waals surface area (Å²) in [4.78, 5) is 29.6. The first-order valence-electron chi connectivity index (χ1n) is 9.69. The third-order valence-electron chi connectivity index (χ3n) is 6.35. The molecule has 27 heavy (non-hydrogen) atoms. The number of aromatic nitrogens is 1. The Hall–Kier alpha value is -2.08. The van der Waals surface area contributed by atoms with Gasteiger partial charge < -0.3 is 5.32 Å². The Kier molecular flexibility index (Phi) is 3.93. The lowest BCUT2D eigenvalue weighted by molar-refractivity contribution is -0.119. The number of nitrogens with zero attached hydrogens (tertiary/aromatic N) is 2. The smallest absolute Gasteiger partial charge is 0.265 e. The molecule has 2 saturated carbocycles. The van der Waals surface area contributed by atoms with E-state index in [0.717, 1.165) is 16.7 Å². The van der Waals surface area contributed by atoms with Crippen molar-refractivity contribution in [2.75, 3.05) is 0 Å². The lowest BCUT2D eigenvalue weighted by Gasteiger charge is -2.24. The summed E-state index contributed by atoms with van der Waals surface area (Å²) < 4.78 is 0.776. The van der Waals surface area contributed by atoms with E-state index < -0.39 is 4.75 Å². The van der Waals surface area contributed by atoms with E-state index >= 15 is 0 Å². The number of amides is 1. The number of fused-ring (bicyclic) bond motifs is 3. The number of nitrogens with one attached hydrogen (secondary N) is 1. The van der Waals surface area contributed by atoms with Crippen molar-refractivity contribution in [1.82, 2.24) is 9.88 Å². The number of thioether (sulfide) groups is 1. The van der Waals surface area contributed by atoms with Gasteiger partial charge in [-0.25, -0.2) is 0 Å². The molecule has 1 N–H and O–H groups in total. The van der Waals surface area contributed by atoms with Gasteiger partial charge in [0.2, 0.25) is 5.91 Å². The molecule has 6 heteroatoms. The minimum absolute atomic E-state index is 0.0778. The molecule has 5 rings (SSSR count). The highest BCUT2D eigenvalue weighted by molar-refractivity contribution is 8.16. The molecular formula is C21H23N3O2S. The number of hydrogen-bond donors (Lipinski definition) is 1. The van der Waals surface area contributed by atoms with Crippen LogP contribution >= 0.6 is 11.8 Å². The molecule has 0 radical (unpaired) electrons. The number of amidine groups is 1. The van der Waals surface area contributed by atoms with Crippen LogP contribution in [0.1, 0.15) is 43.8 Å². The second kappa shape index (κ2) is 6.23. The number of carbonyl (C=O) groups is 2. The Morgan fingerprint density at radius 1 is 1.26 bits per heavy atom. The van der Waals surface area contributed by atoms with Gasteiger partial charge in [-0.2, -0.15) is 4.99 Å². The molecule has 4 atom stereocenters. The van der Waals surface area contributed by atoms with Gasteiger partial charge in [0.1, 0.15) is 4.75 Å². The summed E-state index contributed by atoms with van der Waals surface area (Å²) in [6, 6.07) is 8.32. The van der Waals surface area contributed by atoms with Crippen LogP contribution in [0.25, 0.3) is 10.8 Å². The summed E-state index contributed by atoms with van der Waals surface area (Å²) in [7, 11) is 0. The Labute approximate surface area is 162 Å². The fraction of sp³-hybridized carbons (Fsp3) is 0.476. The first-order chi connectivity index (χ1) is 13.0. The molecule has 1 amide bonds. The van der Waals surface area contributed by atoms with Crippen molar-refractivity contribution in [3.63, 3.8) is 0 Å². The van der Waals surface area contributed by atoms with Crippen LogP contribution < -0.4 is 5.32 Å². The highest BCUT2D eigenvalue weighted by atomic mass is 32.2. The molecule has 3 aliphatic rings. The Balaban J connectivity index is 1.27. The van der Waals surface area contributed by atoms with Gasteiger partial charge in [-0.1, -0.05) is 42.4 Å². The Morgan fingerprint density at radius 3 is 2.63 bits per heavy atom. The monoisotopic (exact) mass is 381 g/mol. The van der Waals surface area contributed by atoms with E-state index in [9.17, 15) is 9.59 Å². The molecule has 2 bridgehead atoms. The number of hydrogen-bond acceptors (Lipinski definition) is 4. The number of aliphatic imine (C=N–C) groups is 1. The van der Waals surface area contributed by atoms with Gasteiger partial charge in [-0.15, -0.1) is 0 Å². The molecule has 1 unspecified atom stereocenters. The molecule has 2 aliphatic carbocycles. The van der Waals surface area contributed by atoms with Gasteiger partial charge in [-0.05, 0) is 48.8 Å². The summed E-state index contributed by atoms with van der Waals surface area (Å²) in [5.41, 5.74) is 0. The van der Waals surface area contributed by atoms with Crippen LogP contribution in [0, 0.1) is 11.8 Å². The van der Waals surface area contributed by atoms with E-state index in [1.165, 1.54) is 37.4 Å². The van der Waals surface area contributed by atoms with E-state index in [2.05, 4.69) is 10.3 Å². The molecule has 140 valence electrons. The Bertz CT molecular complexity index is 932. The molecule has 5 nitrogen and oxygen atoms in total. The molecular weight excluding hydrogens is 358 g/mol. The zero-order valence-corrected chi connectivity index (χ0v) is 16.2. The van der Waals surface area contributed by atoms with Crippen LogP contribution in [0.4, 0.5) is 0 Å². The summed E-state index contributed by atoms with van der Waals surface area (Å²) in [5.74, 6) is 1.27. The predicted octanol–water partition coefficient (Wildman–Crippen LogP) is 3.84.